The Labute approximate surface area is 149 Å². The standard InChI is InChI=1S/C21H16FN3O/c22-18-11-15(21(26)23-16-7-8-16)10-17-19(24-25-20(17)18)14-6-5-12-3-1-2-4-13(12)9-14/h1-6,9-11,16H,7-8H2,(H,23,26)(H,24,25). The van der Waals surface area contributed by atoms with E-state index in [9.17, 15) is 9.18 Å². The first kappa shape index (κ1) is 15.1. The number of carbonyl (C=O) groups excluding carboxylic acids is 1. The molecule has 5 heteroatoms. The van der Waals surface area contributed by atoms with Crippen LogP contribution in [0.1, 0.15) is 23.2 Å². The lowest BCUT2D eigenvalue weighted by atomic mass is 10.0. The highest BCUT2D eigenvalue weighted by Gasteiger charge is 2.25. The van der Waals surface area contributed by atoms with Crippen molar-refractivity contribution in [2.45, 2.75) is 18.9 Å². The number of carbonyl (C=O) groups is 1. The molecule has 26 heavy (non-hydrogen) atoms. The minimum absolute atomic E-state index is 0.227. The molecule has 4 nitrogen and oxygen atoms in total. The molecule has 1 aromatic heterocycles. The zero-order chi connectivity index (χ0) is 17.7. The van der Waals surface area contributed by atoms with Crippen LogP contribution in [0.4, 0.5) is 4.39 Å². The van der Waals surface area contributed by atoms with Crippen molar-refractivity contribution in [1.29, 1.82) is 0 Å². The number of aromatic amines is 1. The Morgan fingerprint density at radius 1 is 1.08 bits per heavy atom. The number of benzene rings is 3. The molecule has 0 unspecified atom stereocenters. The number of amides is 1. The summed E-state index contributed by atoms with van der Waals surface area (Å²) in [6, 6.07) is 17.3. The van der Waals surface area contributed by atoms with Gasteiger partial charge in [0.2, 0.25) is 0 Å². The molecule has 5 rings (SSSR count). The van der Waals surface area contributed by atoms with E-state index in [4.69, 9.17) is 0 Å². The molecule has 1 aliphatic carbocycles. The molecular formula is C21H16FN3O. The first-order chi connectivity index (χ1) is 12.7. The number of hydrogen-bond donors (Lipinski definition) is 2. The molecule has 1 aliphatic rings. The van der Waals surface area contributed by atoms with Gasteiger partial charge in [0.15, 0.2) is 0 Å². The molecule has 0 saturated heterocycles. The Morgan fingerprint density at radius 2 is 1.88 bits per heavy atom. The minimum Gasteiger partial charge on any atom is -0.349 e. The molecular weight excluding hydrogens is 329 g/mol. The fourth-order valence-corrected chi connectivity index (χ4v) is 3.26. The van der Waals surface area contributed by atoms with Crippen molar-refractivity contribution < 1.29 is 9.18 Å². The van der Waals surface area contributed by atoms with Gasteiger partial charge in [-0.2, -0.15) is 5.10 Å². The fraction of sp³-hybridized carbons (Fsp3) is 0.143. The van der Waals surface area contributed by atoms with Crippen LogP contribution in [0.5, 0.6) is 0 Å². The Kier molecular flexibility index (Phi) is 3.28. The first-order valence-electron chi connectivity index (χ1n) is 8.67. The van der Waals surface area contributed by atoms with Crippen LogP contribution in [0, 0.1) is 5.82 Å². The molecule has 0 radical (unpaired) electrons. The first-order valence-corrected chi connectivity index (χ1v) is 8.67. The summed E-state index contributed by atoms with van der Waals surface area (Å²) in [6.07, 6.45) is 1.98. The van der Waals surface area contributed by atoms with Crippen LogP contribution < -0.4 is 5.32 Å². The zero-order valence-electron chi connectivity index (χ0n) is 13.9. The van der Waals surface area contributed by atoms with Gasteiger partial charge in [0.1, 0.15) is 17.0 Å². The van der Waals surface area contributed by atoms with E-state index in [1.807, 2.05) is 42.5 Å². The Balaban J connectivity index is 1.64. The highest BCUT2D eigenvalue weighted by Crippen LogP contribution is 2.31. The van der Waals surface area contributed by atoms with Gasteiger partial charge < -0.3 is 5.32 Å². The van der Waals surface area contributed by atoms with Crippen LogP contribution in [0.2, 0.25) is 0 Å². The van der Waals surface area contributed by atoms with Gasteiger partial charge in [0.25, 0.3) is 5.91 Å². The normalized spacial score (nSPS) is 14.0. The van der Waals surface area contributed by atoms with Gasteiger partial charge in [0, 0.05) is 22.6 Å². The van der Waals surface area contributed by atoms with Crippen molar-refractivity contribution in [2.75, 3.05) is 0 Å². The summed E-state index contributed by atoms with van der Waals surface area (Å²) in [7, 11) is 0. The van der Waals surface area contributed by atoms with Gasteiger partial charge in [-0.25, -0.2) is 4.39 Å². The molecule has 0 spiro atoms. The molecule has 1 fully saturated rings. The number of halogens is 1. The van der Waals surface area contributed by atoms with Gasteiger partial charge in [0.05, 0.1) is 0 Å². The Hall–Kier alpha value is -3.21. The fourth-order valence-electron chi connectivity index (χ4n) is 3.26. The number of rotatable bonds is 3. The van der Waals surface area contributed by atoms with Crippen molar-refractivity contribution >= 4 is 27.6 Å². The third-order valence-electron chi connectivity index (χ3n) is 4.82. The van der Waals surface area contributed by atoms with Gasteiger partial charge in [-0.3, -0.25) is 9.89 Å². The van der Waals surface area contributed by atoms with Crippen LogP contribution >= 0.6 is 0 Å². The van der Waals surface area contributed by atoms with Crippen molar-refractivity contribution in [2.24, 2.45) is 0 Å². The predicted octanol–water partition coefficient (Wildman–Crippen LogP) is 4.41. The van der Waals surface area contributed by atoms with Gasteiger partial charge in [-0.1, -0.05) is 36.4 Å². The van der Waals surface area contributed by atoms with Crippen LogP contribution in [-0.2, 0) is 0 Å². The predicted molar refractivity (Wildman–Crippen MR) is 99.5 cm³/mol. The topological polar surface area (TPSA) is 57.8 Å². The molecule has 3 aromatic carbocycles. The zero-order valence-corrected chi connectivity index (χ0v) is 13.9. The Morgan fingerprint density at radius 3 is 2.69 bits per heavy atom. The summed E-state index contributed by atoms with van der Waals surface area (Å²) in [5.41, 5.74) is 2.17. The average molecular weight is 345 g/mol. The summed E-state index contributed by atoms with van der Waals surface area (Å²) in [4.78, 5) is 12.3. The maximum absolute atomic E-state index is 14.5. The maximum Gasteiger partial charge on any atom is 0.251 e. The summed E-state index contributed by atoms with van der Waals surface area (Å²) in [6.45, 7) is 0. The molecule has 1 heterocycles. The minimum atomic E-state index is -0.469. The molecule has 1 saturated carbocycles. The van der Waals surface area contributed by atoms with E-state index in [1.54, 1.807) is 6.07 Å². The third kappa shape index (κ3) is 2.52. The van der Waals surface area contributed by atoms with E-state index in [1.165, 1.54) is 6.07 Å². The van der Waals surface area contributed by atoms with E-state index < -0.39 is 5.82 Å². The summed E-state index contributed by atoms with van der Waals surface area (Å²) >= 11 is 0. The number of fused-ring (bicyclic) bond motifs is 2. The van der Waals surface area contributed by atoms with Crippen molar-refractivity contribution in [1.82, 2.24) is 15.5 Å². The SMILES string of the molecule is O=C(NC1CC1)c1cc(F)c2[nH]nc(-c3ccc4ccccc4c3)c2c1. The van der Waals surface area contributed by atoms with Crippen molar-refractivity contribution in [3.8, 4) is 11.3 Å². The highest BCUT2D eigenvalue weighted by atomic mass is 19.1. The summed E-state index contributed by atoms with van der Waals surface area (Å²) < 4.78 is 14.5. The number of nitrogens with one attached hydrogen (secondary N) is 2. The quantitative estimate of drug-likeness (QED) is 0.578. The van der Waals surface area contributed by atoms with E-state index in [0.29, 0.717) is 22.2 Å². The lowest BCUT2D eigenvalue weighted by molar-refractivity contribution is 0.0951. The van der Waals surface area contributed by atoms with Crippen LogP contribution in [0.15, 0.2) is 54.6 Å². The van der Waals surface area contributed by atoms with E-state index in [-0.39, 0.29) is 11.9 Å². The largest absolute Gasteiger partial charge is 0.349 e. The summed E-state index contributed by atoms with van der Waals surface area (Å²) in [5.74, 6) is -0.707. The van der Waals surface area contributed by atoms with Gasteiger partial charge in [-0.15, -0.1) is 0 Å². The monoisotopic (exact) mass is 345 g/mol. The highest BCUT2D eigenvalue weighted by molar-refractivity contribution is 6.02. The molecule has 4 aromatic rings. The smallest absolute Gasteiger partial charge is 0.251 e. The molecule has 2 N–H and O–H groups in total. The number of nitrogens with zero attached hydrogens (tertiary/aromatic N) is 1. The van der Waals surface area contributed by atoms with Gasteiger partial charge in [-0.05, 0) is 41.8 Å². The van der Waals surface area contributed by atoms with Crippen molar-refractivity contribution in [3.63, 3.8) is 0 Å². The third-order valence-corrected chi connectivity index (χ3v) is 4.82. The van der Waals surface area contributed by atoms with E-state index in [0.717, 1.165) is 29.2 Å². The van der Waals surface area contributed by atoms with E-state index in [2.05, 4.69) is 15.5 Å². The van der Waals surface area contributed by atoms with E-state index >= 15 is 0 Å². The molecule has 1 amide bonds. The molecule has 0 atom stereocenters. The number of hydrogen-bond acceptors (Lipinski definition) is 2. The second-order valence-electron chi connectivity index (χ2n) is 6.76. The lowest BCUT2D eigenvalue weighted by Crippen LogP contribution is -2.25. The lowest BCUT2D eigenvalue weighted by Gasteiger charge is -2.05. The number of H-pyrrole nitrogens is 1. The molecule has 0 aliphatic heterocycles. The Bertz CT molecular complexity index is 1160. The molecule has 0 bridgehead atoms. The maximum atomic E-state index is 14.5. The summed E-state index contributed by atoms with van der Waals surface area (Å²) in [5, 5.41) is 12.8. The second kappa shape index (κ2) is 5.66. The average Bonchev–Trinajstić information content (AvgIpc) is 3.36. The van der Waals surface area contributed by atoms with Crippen LogP contribution in [0.25, 0.3) is 32.9 Å². The van der Waals surface area contributed by atoms with Crippen molar-refractivity contribution in [3.05, 3.63) is 66.0 Å². The van der Waals surface area contributed by atoms with Crippen LogP contribution in [-0.4, -0.2) is 22.1 Å². The van der Waals surface area contributed by atoms with Crippen LogP contribution in [0.3, 0.4) is 0 Å². The number of aromatic nitrogens is 2. The second-order valence-corrected chi connectivity index (χ2v) is 6.76. The van der Waals surface area contributed by atoms with Gasteiger partial charge >= 0.3 is 0 Å². The molecule has 128 valence electrons.